The maximum atomic E-state index is 10.2. The SMILES string of the molecule is Cc1cccc([C@H](O)c2cccc(Cl)c2)c1. The first-order valence-electron chi connectivity index (χ1n) is 5.17. The van der Waals surface area contributed by atoms with Crippen LogP contribution in [0.4, 0.5) is 0 Å². The van der Waals surface area contributed by atoms with Gasteiger partial charge in [0.15, 0.2) is 0 Å². The number of halogens is 1. The van der Waals surface area contributed by atoms with Crippen LogP contribution in [0.15, 0.2) is 48.5 Å². The predicted octanol–water partition coefficient (Wildman–Crippen LogP) is 3.73. The van der Waals surface area contributed by atoms with E-state index in [1.807, 2.05) is 43.3 Å². The highest BCUT2D eigenvalue weighted by Crippen LogP contribution is 2.24. The van der Waals surface area contributed by atoms with Gasteiger partial charge in [-0.15, -0.1) is 0 Å². The van der Waals surface area contributed by atoms with Crippen molar-refractivity contribution in [2.75, 3.05) is 0 Å². The summed E-state index contributed by atoms with van der Waals surface area (Å²) in [7, 11) is 0. The third-order valence-electron chi connectivity index (χ3n) is 2.52. The van der Waals surface area contributed by atoms with Crippen molar-refractivity contribution in [3.63, 3.8) is 0 Å². The normalized spacial score (nSPS) is 12.4. The second-order valence-corrected chi connectivity index (χ2v) is 4.31. The topological polar surface area (TPSA) is 20.2 Å². The largest absolute Gasteiger partial charge is 0.384 e. The molecule has 0 aliphatic heterocycles. The third-order valence-corrected chi connectivity index (χ3v) is 2.76. The summed E-state index contributed by atoms with van der Waals surface area (Å²) in [5.74, 6) is 0. The van der Waals surface area contributed by atoms with E-state index in [1.54, 1.807) is 12.1 Å². The van der Waals surface area contributed by atoms with Crippen LogP contribution in [0.5, 0.6) is 0 Å². The fourth-order valence-electron chi connectivity index (χ4n) is 1.71. The fraction of sp³-hybridized carbons (Fsp3) is 0.143. The predicted molar refractivity (Wildman–Crippen MR) is 66.7 cm³/mol. The highest BCUT2D eigenvalue weighted by Gasteiger charge is 2.10. The van der Waals surface area contributed by atoms with Gasteiger partial charge in [-0.1, -0.05) is 53.6 Å². The molecule has 0 bridgehead atoms. The van der Waals surface area contributed by atoms with Crippen molar-refractivity contribution in [2.24, 2.45) is 0 Å². The lowest BCUT2D eigenvalue weighted by molar-refractivity contribution is 0.220. The van der Waals surface area contributed by atoms with Crippen LogP contribution in [-0.2, 0) is 0 Å². The van der Waals surface area contributed by atoms with E-state index in [9.17, 15) is 5.11 Å². The number of hydrogen-bond acceptors (Lipinski definition) is 1. The quantitative estimate of drug-likeness (QED) is 0.837. The van der Waals surface area contributed by atoms with Crippen molar-refractivity contribution in [2.45, 2.75) is 13.0 Å². The van der Waals surface area contributed by atoms with E-state index in [-0.39, 0.29) is 0 Å². The molecule has 0 radical (unpaired) electrons. The lowest BCUT2D eigenvalue weighted by atomic mass is 10.0. The van der Waals surface area contributed by atoms with E-state index >= 15 is 0 Å². The van der Waals surface area contributed by atoms with Gasteiger partial charge in [0.2, 0.25) is 0 Å². The lowest BCUT2D eigenvalue weighted by Crippen LogP contribution is -1.99. The lowest BCUT2D eigenvalue weighted by Gasteiger charge is -2.12. The Morgan fingerprint density at radius 3 is 2.25 bits per heavy atom. The summed E-state index contributed by atoms with van der Waals surface area (Å²) in [5, 5.41) is 10.8. The van der Waals surface area contributed by atoms with E-state index in [1.165, 1.54) is 0 Å². The molecular weight excluding hydrogens is 220 g/mol. The average molecular weight is 233 g/mol. The van der Waals surface area contributed by atoms with Gasteiger partial charge in [0.25, 0.3) is 0 Å². The van der Waals surface area contributed by atoms with Gasteiger partial charge < -0.3 is 5.11 Å². The number of benzene rings is 2. The Labute approximate surface area is 100 Å². The van der Waals surface area contributed by atoms with E-state index in [0.29, 0.717) is 5.02 Å². The minimum atomic E-state index is -0.612. The van der Waals surface area contributed by atoms with Crippen LogP contribution in [0.1, 0.15) is 22.8 Å². The van der Waals surface area contributed by atoms with Gasteiger partial charge in [0.1, 0.15) is 6.10 Å². The van der Waals surface area contributed by atoms with E-state index in [2.05, 4.69) is 0 Å². The molecule has 1 N–H and O–H groups in total. The summed E-state index contributed by atoms with van der Waals surface area (Å²) in [6, 6.07) is 15.1. The third kappa shape index (κ3) is 2.43. The molecule has 82 valence electrons. The summed E-state index contributed by atoms with van der Waals surface area (Å²) in [6.07, 6.45) is -0.612. The van der Waals surface area contributed by atoms with Crippen molar-refractivity contribution in [3.05, 3.63) is 70.2 Å². The smallest absolute Gasteiger partial charge is 0.104 e. The zero-order valence-electron chi connectivity index (χ0n) is 9.02. The molecule has 2 heteroatoms. The van der Waals surface area contributed by atoms with Crippen LogP contribution in [0, 0.1) is 6.92 Å². The van der Waals surface area contributed by atoms with Crippen molar-refractivity contribution in [1.82, 2.24) is 0 Å². The fourth-order valence-corrected chi connectivity index (χ4v) is 1.91. The van der Waals surface area contributed by atoms with Crippen LogP contribution in [0.3, 0.4) is 0 Å². The molecule has 0 heterocycles. The molecule has 1 atom stereocenters. The molecule has 2 aromatic carbocycles. The minimum Gasteiger partial charge on any atom is -0.384 e. The first kappa shape index (κ1) is 11.2. The molecule has 0 unspecified atom stereocenters. The Balaban J connectivity index is 2.35. The van der Waals surface area contributed by atoms with Gasteiger partial charge >= 0.3 is 0 Å². The molecule has 2 rings (SSSR count). The highest BCUT2D eigenvalue weighted by atomic mass is 35.5. The van der Waals surface area contributed by atoms with Crippen LogP contribution >= 0.6 is 11.6 Å². The molecule has 1 nitrogen and oxygen atoms in total. The second kappa shape index (κ2) is 4.69. The molecule has 16 heavy (non-hydrogen) atoms. The van der Waals surface area contributed by atoms with E-state index in [4.69, 9.17) is 11.6 Å². The number of aliphatic hydroxyl groups is 1. The molecule has 0 aromatic heterocycles. The molecule has 0 saturated heterocycles. The van der Waals surface area contributed by atoms with Crippen molar-refractivity contribution in [1.29, 1.82) is 0 Å². The molecule has 2 aromatic rings. The maximum absolute atomic E-state index is 10.2. The Morgan fingerprint density at radius 1 is 1.00 bits per heavy atom. The molecule has 0 spiro atoms. The zero-order valence-corrected chi connectivity index (χ0v) is 9.78. The molecule has 0 aliphatic rings. The number of hydrogen-bond donors (Lipinski definition) is 1. The second-order valence-electron chi connectivity index (χ2n) is 3.87. The summed E-state index contributed by atoms with van der Waals surface area (Å²) in [6.45, 7) is 2.01. The summed E-state index contributed by atoms with van der Waals surface area (Å²) in [5.41, 5.74) is 2.85. The van der Waals surface area contributed by atoms with Crippen molar-refractivity contribution < 1.29 is 5.11 Å². The summed E-state index contributed by atoms with van der Waals surface area (Å²) < 4.78 is 0. The van der Waals surface area contributed by atoms with Gasteiger partial charge in [-0.25, -0.2) is 0 Å². The van der Waals surface area contributed by atoms with Crippen molar-refractivity contribution in [3.8, 4) is 0 Å². The standard InChI is InChI=1S/C14H13ClO/c1-10-4-2-5-11(8-10)14(16)12-6-3-7-13(15)9-12/h2-9,14,16H,1H3/t14-/m0/s1. The van der Waals surface area contributed by atoms with Crippen molar-refractivity contribution >= 4 is 11.6 Å². The first-order valence-corrected chi connectivity index (χ1v) is 5.55. The average Bonchev–Trinajstić information content (AvgIpc) is 2.28. The highest BCUT2D eigenvalue weighted by molar-refractivity contribution is 6.30. The van der Waals surface area contributed by atoms with Crippen LogP contribution in [-0.4, -0.2) is 5.11 Å². The molecule has 0 saturated carbocycles. The molecule has 0 aliphatic carbocycles. The Bertz CT molecular complexity index is 448. The Kier molecular flexibility index (Phi) is 3.28. The monoisotopic (exact) mass is 232 g/mol. The Hall–Kier alpha value is -1.31. The van der Waals surface area contributed by atoms with E-state index < -0.39 is 6.10 Å². The summed E-state index contributed by atoms with van der Waals surface area (Å²) >= 11 is 5.90. The van der Waals surface area contributed by atoms with Crippen LogP contribution < -0.4 is 0 Å². The van der Waals surface area contributed by atoms with Crippen LogP contribution in [0.2, 0.25) is 5.02 Å². The maximum Gasteiger partial charge on any atom is 0.104 e. The van der Waals surface area contributed by atoms with Gasteiger partial charge in [-0.2, -0.15) is 0 Å². The molecular formula is C14H13ClO. The zero-order chi connectivity index (χ0) is 11.5. The first-order chi connectivity index (χ1) is 7.66. The van der Waals surface area contributed by atoms with Gasteiger partial charge in [0, 0.05) is 5.02 Å². The van der Waals surface area contributed by atoms with E-state index in [0.717, 1.165) is 16.7 Å². The van der Waals surface area contributed by atoms with Crippen LogP contribution in [0.25, 0.3) is 0 Å². The van der Waals surface area contributed by atoms with Gasteiger partial charge in [-0.3, -0.25) is 0 Å². The van der Waals surface area contributed by atoms with Gasteiger partial charge in [0.05, 0.1) is 0 Å². The number of aliphatic hydroxyl groups excluding tert-OH is 1. The molecule has 0 amide bonds. The number of rotatable bonds is 2. The minimum absolute atomic E-state index is 0.612. The summed E-state index contributed by atoms with van der Waals surface area (Å²) in [4.78, 5) is 0. The van der Waals surface area contributed by atoms with Gasteiger partial charge in [-0.05, 0) is 30.2 Å². The molecule has 0 fully saturated rings. The number of aryl methyl sites for hydroxylation is 1. The Morgan fingerprint density at radius 2 is 1.62 bits per heavy atom.